The second-order valence-electron chi connectivity index (χ2n) is 3.90. The van der Waals surface area contributed by atoms with Crippen molar-refractivity contribution in [2.75, 3.05) is 21.3 Å². The fourth-order valence-corrected chi connectivity index (χ4v) is 1.58. The average Bonchev–Trinajstić information content (AvgIpc) is 2.43. The predicted octanol–water partition coefficient (Wildman–Crippen LogP) is 0.709. The smallest absolute Gasteiger partial charge is 0.248 e. The standard InChI is InChI=1S/C13H19NO5/c1-8(15)13(16)14-7-10-11(18-3)5-9(17-2)6-12(10)19-4/h5-6,8,15H,7H2,1-4H3,(H,14,16). The number of aliphatic hydroxyl groups excluding tert-OH is 1. The zero-order valence-electron chi connectivity index (χ0n) is 11.5. The van der Waals surface area contributed by atoms with Crippen molar-refractivity contribution >= 4 is 5.91 Å². The zero-order chi connectivity index (χ0) is 14.4. The Kier molecular flexibility index (Phi) is 5.44. The molecule has 0 aromatic heterocycles. The zero-order valence-corrected chi connectivity index (χ0v) is 11.5. The molecule has 0 fully saturated rings. The van der Waals surface area contributed by atoms with Crippen LogP contribution in [-0.2, 0) is 11.3 Å². The Balaban J connectivity index is 3.00. The first-order chi connectivity index (χ1) is 9.03. The summed E-state index contributed by atoms with van der Waals surface area (Å²) in [6, 6.07) is 3.40. The van der Waals surface area contributed by atoms with Gasteiger partial charge in [0.1, 0.15) is 23.4 Å². The quantitative estimate of drug-likeness (QED) is 0.795. The molecule has 6 heteroatoms. The third-order valence-electron chi connectivity index (χ3n) is 2.64. The molecule has 19 heavy (non-hydrogen) atoms. The molecule has 0 aliphatic rings. The third kappa shape index (κ3) is 3.75. The van der Waals surface area contributed by atoms with Crippen molar-refractivity contribution in [2.45, 2.75) is 19.6 Å². The lowest BCUT2D eigenvalue weighted by Gasteiger charge is -2.16. The van der Waals surface area contributed by atoms with E-state index in [2.05, 4.69) is 5.32 Å². The summed E-state index contributed by atoms with van der Waals surface area (Å²) in [5.74, 6) is 1.23. The van der Waals surface area contributed by atoms with Crippen LogP contribution in [0.4, 0.5) is 0 Å². The molecule has 106 valence electrons. The summed E-state index contributed by atoms with van der Waals surface area (Å²) in [7, 11) is 4.59. The summed E-state index contributed by atoms with van der Waals surface area (Å²) < 4.78 is 15.6. The van der Waals surface area contributed by atoms with E-state index in [-0.39, 0.29) is 6.54 Å². The first-order valence-electron chi connectivity index (χ1n) is 5.78. The molecule has 0 bridgehead atoms. The molecule has 1 atom stereocenters. The lowest BCUT2D eigenvalue weighted by molar-refractivity contribution is -0.128. The van der Waals surface area contributed by atoms with Gasteiger partial charge in [0.2, 0.25) is 5.91 Å². The van der Waals surface area contributed by atoms with Crippen LogP contribution in [0, 0.1) is 0 Å². The van der Waals surface area contributed by atoms with E-state index in [0.717, 1.165) is 0 Å². The maximum absolute atomic E-state index is 11.4. The fraction of sp³-hybridized carbons (Fsp3) is 0.462. The molecule has 0 aliphatic heterocycles. The lowest BCUT2D eigenvalue weighted by atomic mass is 10.1. The summed E-state index contributed by atoms with van der Waals surface area (Å²) >= 11 is 0. The van der Waals surface area contributed by atoms with Gasteiger partial charge in [-0.1, -0.05) is 0 Å². The summed E-state index contributed by atoms with van der Waals surface area (Å²) in [6.07, 6.45) is -1.06. The minimum absolute atomic E-state index is 0.195. The van der Waals surface area contributed by atoms with Gasteiger partial charge in [-0.05, 0) is 6.92 Å². The van der Waals surface area contributed by atoms with Crippen molar-refractivity contribution in [1.82, 2.24) is 5.32 Å². The number of benzene rings is 1. The third-order valence-corrected chi connectivity index (χ3v) is 2.64. The lowest BCUT2D eigenvalue weighted by Crippen LogP contribution is -2.32. The first-order valence-corrected chi connectivity index (χ1v) is 5.78. The van der Waals surface area contributed by atoms with Crippen LogP contribution in [0.1, 0.15) is 12.5 Å². The molecule has 1 aromatic rings. The van der Waals surface area contributed by atoms with Gasteiger partial charge >= 0.3 is 0 Å². The van der Waals surface area contributed by atoms with Crippen molar-refractivity contribution in [3.63, 3.8) is 0 Å². The number of amides is 1. The van der Waals surface area contributed by atoms with Gasteiger partial charge in [0, 0.05) is 12.1 Å². The van der Waals surface area contributed by atoms with Gasteiger partial charge in [0.25, 0.3) is 0 Å². The number of carbonyl (C=O) groups excluding carboxylic acids is 1. The van der Waals surface area contributed by atoms with Gasteiger partial charge in [0.05, 0.1) is 33.4 Å². The molecule has 0 heterocycles. The predicted molar refractivity (Wildman–Crippen MR) is 69.6 cm³/mol. The fourth-order valence-electron chi connectivity index (χ4n) is 1.58. The molecule has 1 amide bonds. The second-order valence-corrected chi connectivity index (χ2v) is 3.90. The van der Waals surface area contributed by atoms with Crippen LogP contribution < -0.4 is 19.5 Å². The highest BCUT2D eigenvalue weighted by Crippen LogP contribution is 2.33. The summed E-state index contributed by atoms with van der Waals surface area (Å²) in [5, 5.41) is 11.7. The number of methoxy groups -OCH3 is 3. The topological polar surface area (TPSA) is 77.0 Å². The monoisotopic (exact) mass is 269 g/mol. The molecule has 0 saturated heterocycles. The highest BCUT2D eigenvalue weighted by atomic mass is 16.5. The van der Waals surface area contributed by atoms with Gasteiger partial charge < -0.3 is 24.6 Å². The number of hydrogen-bond acceptors (Lipinski definition) is 5. The molecule has 0 saturated carbocycles. The molecule has 0 aliphatic carbocycles. The van der Waals surface area contributed by atoms with Crippen LogP contribution >= 0.6 is 0 Å². The van der Waals surface area contributed by atoms with E-state index in [4.69, 9.17) is 19.3 Å². The van der Waals surface area contributed by atoms with Crippen LogP contribution in [0.25, 0.3) is 0 Å². The molecule has 2 N–H and O–H groups in total. The van der Waals surface area contributed by atoms with Gasteiger partial charge in [-0.2, -0.15) is 0 Å². The van der Waals surface area contributed by atoms with Gasteiger partial charge in [-0.3, -0.25) is 4.79 Å². The summed E-state index contributed by atoms with van der Waals surface area (Å²) in [6.45, 7) is 1.60. The van der Waals surface area contributed by atoms with E-state index in [1.54, 1.807) is 19.2 Å². The Hall–Kier alpha value is -1.95. The van der Waals surface area contributed by atoms with Crippen molar-refractivity contribution in [1.29, 1.82) is 0 Å². The largest absolute Gasteiger partial charge is 0.496 e. The summed E-state index contributed by atoms with van der Waals surface area (Å²) in [5.41, 5.74) is 0.680. The number of ether oxygens (including phenoxy) is 3. The first kappa shape index (κ1) is 15.1. The number of carbonyl (C=O) groups is 1. The van der Waals surface area contributed by atoms with Crippen LogP contribution in [0.2, 0.25) is 0 Å². The van der Waals surface area contributed by atoms with Crippen LogP contribution in [0.5, 0.6) is 17.2 Å². The van der Waals surface area contributed by atoms with E-state index in [9.17, 15) is 4.79 Å². The maximum Gasteiger partial charge on any atom is 0.248 e. The molecular formula is C13H19NO5. The van der Waals surface area contributed by atoms with Crippen LogP contribution in [0.3, 0.4) is 0 Å². The number of nitrogens with one attached hydrogen (secondary N) is 1. The number of hydrogen-bond donors (Lipinski definition) is 2. The maximum atomic E-state index is 11.4. The normalized spacial score (nSPS) is 11.6. The van der Waals surface area contributed by atoms with E-state index < -0.39 is 12.0 Å². The van der Waals surface area contributed by atoms with E-state index in [1.165, 1.54) is 21.1 Å². The molecule has 1 aromatic carbocycles. The molecule has 0 radical (unpaired) electrons. The second kappa shape index (κ2) is 6.84. The van der Waals surface area contributed by atoms with E-state index in [1.807, 2.05) is 0 Å². The summed E-state index contributed by atoms with van der Waals surface area (Å²) in [4.78, 5) is 11.4. The van der Waals surface area contributed by atoms with Crippen LogP contribution in [0.15, 0.2) is 12.1 Å². The Labute approximate surface area is 112 Å². The Morgan fingerprint density at radius 3 is 2.11 bits per heavy atom. The van der Waals surface area contributed by atoms with Gasteiger partial charge in [-0.15, -0.1) is 0 Å². The van der Waals surface area contributed by atoms with Gasteiger partial charge in [0.15, 0.2) is 0 Å². The van der Waals surface area contributed by atoms with Crippen molar-refractivity contribution in [3.8, 4) is 17.2 Å². The molecule has 6 nitrogen and oxygen atoms in total. The van der Waals surface area contributed by atoms with Crippen molar-refractivity contribution < 1.29 is 24.1 Å². The highest BCUT2D eigenvalue weighted by molar-refractivity contribution is 5.80. The Morgan fingerprint density at radius 1 is 1.21 bits per heavy atom. The average molecular weight is 269 g/mol. The minimum Gasteiger partial charge on any atom is -0.496 e. The minimum atomic E-state index is -1.06. The molecular weight excluding hydrogens is 250 g/mol. The Morgan fingerprint density at radius 2 is 1.74 bits per heavy atom. The SMILES string of the molecule is COc1cc(OC)c(CNC(=O)C(C)O)c(OC)c1. The van der Waals surface area contributed by atoms with Gasteiger partial charge in [-0.25, -0.2) is 0 Å². The number of aliphatic hydroxyl groups is 1. The molecule has 0 spiro atoms. The van der Waals surface area contributed by atoms with Crippen molar-refractivity contribution in [3.05, 3.63) is 17.7 Å². The highest BCUT2D eigenvalue weighted by Gasteiger charge is 2.15. The van der Waals surface area contributed by atoms with E-state index in [0.29, 0.717) is 22.8 Å². The van der Waals surface area contributed by atoms with E-state index >= 15 is 0 Å². The van der Waals surface area contributed by atoms with Crippen molar-refractivity contribution in [2.24, 2.45) is 0 Å². The molecule has 1 unspecified atom stereocenters. The Bertz CT molecular complexity index is 420. The molecule has 1 rings (SSSR count). The number of rotatable bonds is 6. The van der Waals surface area contributed by atoms with Crippen LogP contribution in [-0.4, -0.2) is 38.4 Å².